The molecule has 0 saturated heterocycles. The van der Waals surface area contributed by atoms with E-state index >= 15 is 0 Å². The number of rotatable bonds is 3. The molecule has 0 spiro atoms. The maximum Gasteiger partial charge on any atom is 0.211 e. The van der Waals surface area contributed by atoms with Gasteiger partial charge in [0, 0.05) is 30.9 Å². The van der Waals surface area contributed by atoms with Crippen molar-refractivity contribution in [1.29, 1.82) is 0 Å². The van der Waals surface area contributed by atoms with E-state index in [1.54, 1.807) is 0 Å². The number of hydrogen-bond acceptors (Lipinski definition) is 1. The van der Waals surface area contributed by atoms with Crippen molar-refractivity contribution in [2.75, 3.05) is 0 Å². The first kappa shape index (κ1) is 22.8. The molecule has 0 aliphatic heterocycles. The minimum Gasteiger partial charge on any atom is -0.318 e. The van der Waals surface area contributed by atoms with Gasteiger partial charge in [-0.3, -0.25) is 0 Å². The second-order valence-electron chi connectivity index (χ2n) is 10.0. The molecule has 6 aromatic carbocycles. The lowest BCUT2D eigenvalue weighted by Crippen LogP contribution is -1.98. The van der Waals surface area contributed by atoms with E-state index in [1.165, 1.54) is 42.1 Å². The van der Waals surface area contributed by atoms with Crippen LogP contribution < -0.4 is 0 Å². The summed E-state index contributed by atoms with van der Waals surface area (Å²) in [6.07, 6.45) is 0. The second kappa shape index (κ2) is 8.95. The molecule has 0 aliphatic carbocycles. The molecule has 0 N–H and O–H groups in total. The normalized spacial score (nSPS) is 11.5. The zero-order valence-electron chi connectivity index (χ0n) is 21.5. The van der Waals surface area contributed by atoms with Gasteiger partial charge in [0.2, 0.25) is 5.69 Å². The van der Waals surface area contributed by atoms with Gasteiger partial charge in [0.25, 0.3) is 0 Å². The third-order valence-electron chi connectivity index (χ3n) is 7.83. The first-order chi connectivity index (χ1) is 19.8. The monoisotopic (exact) mass is 526 g/mol. The maximum atomic E-state index is 8.10. The van der Waals surface area contributed by atoms with E-state index in [1.807, 2.05) is 23.5 Å². The van der Waals surface area contributed by atoms with Crippen molar-refractivity contribution in [3.05, 3.63) is 145 Å². The molecule has 0 bridgehead atoms. The smallest absolute Gasteiger partial charge is 0.211 e. The Labute approximate surface area is 235 Å². The molecule has 2 aromatic heterocycles. The highest BCUT2D eigenvalue weighted by molar-refractivity contribution is 7.26. The van der Waals surface area contributed by atoms with Gasteiger partial charge in [0.05, 0.1) is 23.3 Å². The maximum absolute atomic E-state index is 8.10. The Kier molecular flexibility index (Phi) is 5.10. The Hall–Kier alpha value is -5.17. The fourth-order valence-corrected chi connectivity index (χ4v) is 7.32. The lowest BCUT2D eigenvalue weighted by Gasteiger charge is -2.17. The number of hydrogen-bond donors (Lipinski definition) is 0. The molecule has 8 aromatic rings. The molecule has 0 radical (unpaired) electrons. The lowest BCUT2D eigenvalue weighted by atomic mass is 9.96. The van der Waals surface area contributed by atoms with E-state index in [2.05, 4.69) is 131 Å². The van der Waals surface area contributed by atoms with Crippen LogP contribution in [0.5, 0.6) is 0 Å². The van der Waals surface area contributed by atoms with Crippen molar-refractivity contribution in [3.63, 3.8) is 0 Å². The van der Waals surface area contributed by atoms with Crippen molar-refractivity contribution < 1.29 is 0 Å². The van der Waals surface area contributed by atoms with Crippen LogP contribution in [0.4, 0.5) is 5.69 Å². The summed E-state index contributed by atoms with van der Waals surface area (Å²) in [7, 11) is 0. The fraction of sp³-hybridized carbons (Fsp3) is 0. The van der Waals surface area contributed by atoms with E-state index in [0.29, 0.717) is 5.69 Å². The second-order valence-corrected chi connectivity index (χ2v) is 11.1. The lowest BCUT2D eigenvalue weighted by molar-refractivity contribution is 1.19. The van der Waals surface area contributed by atoms with Crippen LogP contribution in [0.3, 0.4) is 0 Å². The largest absolute Gasteiger partial charge is 0.318 e. The van der Waals surface area contributed by atoms with Crippen LogP contribution >= 0.6 is 11.3 Å². The molecule has 8 rings (SSSR count). The third-order valence-corrected chi connectivity index (χ3v) is 9.05. The summed E-state index contributed by atoms with van der Waals surface area (Å²) >= 11 is 1.85. The highest BCUT2D eigenvalue weighted by atomic mass is 32.1. The molecule has 186 valence electrons. The Morgan fingerprint density at radius 3 is 1.85 bits per heavy atom. The van der Waals surface area contributed by atoms with E-state index in [0.717, 1.165) is 27.8 Å². The molecule has 0 fully saturated rings. The van der Waals surface area contributed by atoms with Crippen LogP contribution in [0.2, 0.25) is 0 Å². The molecule has 0 aliphatic rings. The Bertz CT molecular complexity index is 2240. The number of thiophene rings is 1. The molecular formula is C37H22N2S. The predicted molar refractivity (Wildman–Crippen MR) is 171 cm³/mol. The first-order valence-corrected chi connectivity index (χ1v) is 14.1. The standard InChI is InChI=1S/C37H22N2S/c1-38-32-19-10-16-26(36(32)39-33-20-5-2-13-28(33)29-14-3-6-21-34(29)39)24-11-8-12-25(23-24)27-17-9-18-31-30-15-4-7-22-35(30)40-37(27)31/h2-23H. The van der Waals surface area contributed by atoms with Crippen molar-refractivity contribution in [2.24, 2.45) is 0 Å². The summed E-state index contributed by atoms with van der Waals surface area (Å²) in [6.45, 7) is 8.10. The predicted octanol–water partition coefficient (Wildman–Crippen LogP) is 11.0. The van der Waals surface area contributed by atoms with Crippen LogP contribution in [-0.4, -0.2) is 4.57 Å². The van der Waals surface area contributed by atoms with Crippen LogP contribution in [0.25, 0.3) is 74.8 Å². The molecule has 2 heterocycles. The van der Waals surface area contributed by atoms with E-state index in [4.69, 9.17) is 6.57 Å². The van der Waals surface area contributed by atoms with Crippen molar-refractivity contribution in [1.82, 2.24) is 4.57 Å². The molecule has 3 heteroatoms. The highest BCUT2D eigenvalue weighted by Gasteiger charge is 2.19. The molecular weight excluding hydrogens is 504 g/mol. The van der Waals surface area contributed by atoms with Gasteiger partial charge in [0.1, 0.15) is 0 Å². The zero-order chi connectivity index (χ0) is 26.6. The SMILES string of the molecule is [C-]#[N+]c1cccc(-c2cccc(-c3cccc4c3sc3ccccc34)c2)c1-n1c2ccccc2c2ccccc21. The average Bonchev–Trinajstić information content (AvgIpc) is 3.57. The first-order valence-electron chi connectivity index (χ1n) is 13.3. The van der Waals surface area contributed by atoms with Crippen LogP contribution in [0.15, 0.2) is 133 Å². The van der Waals surface area contributed by atoms with Gasteiger partial charge >= 0.3 is 0 Å². The van der Waals surface area contributed by atoms with Crippen molar-refractivity contribution >= 4 is 59.0 Å². The summed E-state index contributed by atoms with van der Waals surface area (Å²) in [5.41, 5.74) is 8.33. The van der Waals surface area contributed by atoms with Gasteiger partial charge in [-0.2, -0.15) is 0 Å². The Morgan fingerprint density at radius 1 is 0.525 bits per heavy atom. The molecule has 0 unspecified atom stereocenters. The number of aromatic nitrogens is 1. The van der Waals surface area contributed by atoms with Gasteiger partial charge in [-0.05, 0) is 46.5 Å². The van der Waals surface area contributed by atoms with Crippen molar-refractivity contribution in [2.45, 2.75) is 0 Å². The topological polar surface area (TPSA) is 9.29 Å². The number of para-hydroxylation sites is 3. The number of fused-ring (bicyclic) bond motifs is 6. The van der Waals surface area contributed by atoms with Gasteiger partial charge in [-0.1, -0.05) is 109 Å². The van der Waals surface area contributed by atoms with E-state index in [9.17, 15) is 0 Å². The molecule has 0 atom stereocenters. The number of benzene rings is 6. The Morgan fingerprint density at radius 2 is 1.10 bits per heavy atom. The molecule has 40 heavy (non-hydrogen) atoms. The van der Waals surface area contributed by atoms with E-state index in [-0.39, 0.29) is 0 Å². The van der Waals surface area contributed by atoms with Crippen LogP contribution in [0.1, 0.15) is 0 Å². The van der Waals surface area contributed by atoms with Crippen LogP contribution in [0, 0.1) is 6.57 Å². The molecule has 2 nitrogen and oxygen atoms in total. The van der Waals surface area contributed by atoms with Gasteiger partial charge in [-0.15, -0.1) is 11.3 Å². The van der Waals surface area contributed by atoms with Gasteiger partial charge in [0.15, 0.2) is 0 Å². The number of nitrogens with zero attached hydrogens (tertiary/aromatic N) is 2. The molecule has 0 amide bonds. The van der Waals surface area contributed by atoms with Gasteiger partial charge in [-0.25, -0.2) is 4.85 Å². The van der Waals surface area contributed by atoms with Gasteiger partial charge < -0.3 is 4.57 Å². The minimum absolute atomic E-state index is 0.640. The summed E-state index contributed by atoms with van der Waals surface area (Å²) in [5, 5.41) is 4.98. The summed E-state index contributed by atoms with van der Waals surface area (Å²) in [4.78, 5) is 4.00. The van der Waals surface area contributed by atoms with Crippen LogP contribution in [-0.2, 0) is 0 Å². The quantitative estimate of drug-likeness (QED) is 0.203. The van der Waals surface area contributed by atoms with Crippen molar-refractivity contribution in [3.8, 4) is 27.9 Å². The zero-order valence-corrected chi connectivity index (χ0v) is 22.3. The Balaban J connectivity index is 1.39. The minimum atomic E-state index is 0.640. The average molecular weight is 527 g/mol. The highest BCUT2D eigenvalue weighted by Crippen LogP contribution is 2.43. The fourth-order valence-electron chi connectivity index (χ4n) is 6.08. The summed E-state index contributed by atoms with van der Waals surface area (Å²) in [6, 6.07) is 47.0. The molecule has 0 saturated carbocycles. The summed E-state index contributed by atoms with van der Waals surface area (Å²) < 4.78 is 4.88. The van der Waals surface area contributed by atoms with E-state index < -0.39 is 0 Å². The summed E-state index contributed by atoms with van der Waals surface area (Å²) in [5.74, 6) is 0. The third kappa shape index (κ3) is 3.34.